The largest absolute Gasteiger partial charge is 0.384 e. The summed E-state index contributed by atoms with van der Waals surface area (Å²) in [5, 5.41) is 3.42. The van der Waals surface area contributed by atoms with Crippen molar-refractivity contribution in [3.05, 3.63) is 70.6 Å². The predicted molar refractivity (Wildman–Crippen MR) is 141 cm³/mol. The van der Waals surface area contributed by atoms with Crippen LogP contribution in [-0.4, -0.2) is 50.4 Å². The van der Waals surface area contributed by atoms with E-state index in [1.54, 1.807) is 55.5 Å². The monoisotopic (exact) mass is 523 g/mol. The van der Waals surface area contributed by atoms with Crippen LogP contribution in [0.1, 0.15) is 36.1 Å². The molecule has 37 heavy (non-hydrogen) atoms. The van der Waals surface area contributed by atoms with Crippen LogP contribution in [0, 0.1) is 12.8 Å². The first-order valence-electron chi connectivity index (χ1n) is 12.0. The van der Waals surface area contributed by atoms with Gasteiger partial charge in [0.2, 0.25) is 11.9 Å². The van der Waals surface area contributed by atoms with Crippen LogP contribution in [-0.2, 0) is 23.1 Å². The van der Waals surface area contributed by atoms with E-state index >= 15 is 0 Å². The fourth-order valence-corrected chi connectivity index (χ4v) is 4.91. The number of carbonyl (C=O) groups is 3. The van der Waals surface area contributed by atoms with Gasteiger partial charge in [0.25, 0.3) is 5.91 Å². The topological polar surface area (TPSA) is 126 Å². The molecular weight excluding hydrogens is 494 g/mol. The number of pyridine rings is 1. The summed E-state index contributed by atoms with van der Waals surface area (Å²) < 4.78 is 1.69. The number of amides is 4. The molecule has 0 saturated carbocycles. The van der Waals surface area contributed by atoms with Crippen LogP contribution >= 0.6 is 11.6 Å². The Morgan fingerprint density at radius 2 is 1.97 bits per heavy atom. The Labute approximate surface area is 220 Å². The summed E-state index contributed by atoms with van der Waals surface area (Å²) in [4.78, 5) is 51.0. The molecule has 1 aromatic carbocycles. The highest BCUT2D eigenvalue weighted by molar-refractivity contribution is 6.31. The Morgan fingerprint density at radius 3 is 2.62 bits per heavy atom. The summed E-state index contributed by atoms with van der Waals surface area (Å²) in [7, 11) is 3.34. The number of nitrogens with zero attached hydrogens (tertiary/aromatic N) is 5. The summed E-state index contributed by atoms with van der Waals surface area (Å²) in [6.45, 7) is 3.85. The molecule has 0 bridgehead atoms. The number of benzene rings is 1. The number of nitrogens with one attached hydrogen (secondary N) is 1. The molecule has 3 aromatic rings. The van der Waals surface area contributed by atoms with Gasteiger partial charge < -0.3 is 15.6 Å². The van der Waals surface area contributed by atoms with Gasteiger partial charge in [-0.3, -0.25) is 19.4 Å². The molecule has 1 aliphatic heterocycles. The molecule has 4 amide bonds. The summed E-state index contributed by atoms with van der Waals surface area (Å²) in [5.41, 5.74) is 8.31. The summed E-state index contributed by atoms with van der Waals surface area (Å²) in [6.07, 6.45) is 5.62. The molecule has 0 aliphatic carbocycles. The number of imidazole rings is 1. The van der Waals surface area contributed by atoms with Gasteiger partial charge in [-0.25, -0.2) is 14.8 Å². The maximum absolute atomic E-state index is 13.7. The Kier molecular flexibility index (Phi) is 7.49. The Morgan fingerprint density at radius 1 is 1.22 bits per heavy atom. The molecule has 3 N–H and O–H groups in total. The lowest BCUT2D eigenvalue weighted by atomic mass is 9.81. The standard InChI is InChI=1S/C26H30ClN7O3/c1-5-20(17-12-15(2)6-7-19(17)27)31-26(37)34-22(24(36)33(4)25-30-10-11-32(25)3)18(23(34)35)13-16-8-9-29-21(28)14-16/h6-12,14,18,20,22H,5,13H2,1-4H3,(H2,28,29)(H,31,37)/t18-,20?,22+/m1/s1. The van der Waals surface area contributed by atoms with Gasteiger partial charge in [-0.2, -0.15) is 0 Å². The number of hydrogen-bond acceptors (Lipinski definition) is 6. The number of carbonyl (C=O) groups excluding carboxylic acids is 3. The number of β-lactam (4-membered cyclic amide) rings is 1. The number of urea groups is 1. The quantitative estimate of drug-likeness (QED) is 0.458. The summed E-state index contributed by atoms with van der Waals surface area (Å²) in [6, 6.07) is 6.87. The highest BCUT2D eigenvalue weighted by atomic mass is 35.5. The molecule has 4 rings (SSSR count). The first-order chi connectivity index (χ1) is 17.6. The minimum Gasteiger partial charge on any atom is -0.384 e. The fraction of sp³-hybridized carbons (Fsp3) is 0.346. The van der Waals surface area contributed by atoms with E-state index in [-0.39, 0.29) is 6.42 Å². The van der Waals surface area contributed by atoms with Gasteiger partial charge in [0.1, 0.15) is 11.9 Å². The molecule has 10 nitrogen and oxygen atoms in total. The Bertz CT molecular complexity index is 1340. The SMILES string of the molecule is CCC(NC(=O)N1C(=O)[C@H](Cc2ccnc(N)c2)[C@H]1C(=O)N(C)c1nccn1C)c1cc(C)ccc1Cl. The minimum atomic E-state index is -1.02. The van der Waals surface area contributed by atoms with E-state index < -0.39 is 35.8 Å². The molecule has 11 heteroatoms. The van der Waals surface area contributed by atoms with Crippen molar-refractivity contribution >= 4 is 41.2 Å². The van der Waals surface area contributed by atoms with Gasteiger partial charge in [-0.05, 0) is 49.1 Å². The van der Waals surface area contributed by atoms with Gasteiger partial charge in [-0.1, -0.05) is 36.2 Å². The van der Waals surface area contributed by atoms with Crippen molar-refractivity contribution in [2.45, 2.75) is 38.8 Å². The Hall–Kier alpha value is -3.92. The average molecular weight is 524 g/mol. The zero-order chi connectivity index (χ0) is 26.9. The molecular formula is C26H30ClN7O3. The van der Waals surface area contributed by atoms with E-state index in [0.717, 1.165) is 21.6 Å². The van der Waals surface area contributed by atoms with Crippen LogP contribution in [0.25, 0.3) is 0 Å². The second-order valence-corrected chi connectivity index (χ2v) is 9.63. The first-order valence-corrected chi connectivity index (χ1v) is 12.3. The molecule has 0 spiro atoms. The lowest BCUT2D eigenvalue weighted by Crippen LogP contribution is -2.70. The van der Waals surface area contributed by atoms with Crippen LogP contribution in [0.3, 0.4) is 0 Å². The first kappa shape index (κ1) is 26.2. The maximum atomic E-state index is 13.7. The van der Waals surface area contributed by atoms with Crippen molar-refractivity contribution in [1.82, 2.24) is 24.8 Å². The molecule has 1 aliphatic rings. The molecule has 3 atom stereocenters. The second kappa shape index (κ2) is 10.6. The van der Waals surface area contributed by atoms with Gasteiger partial charge in [0, 0.05) is 37.7 Å². The lowest BCUT2D eigenvalue weighted by Gasteiger charge is -2.45. The zero-order valence-electron chi connectivity index (χ0n) is 21.2. The smallest absolute Gasteiger partial charge is 0.325 e. The van der Waals surface area contributed by atoms with E-state index in [2.05, 4.69) is 15.3 Å². The summed E-state index contributed by atoms with van der Waals surface area (Å²) in [5.74, 6) is -0.893. The van der Waals surface area contributed by atoms with Gasteiger partial charge >= 0.3 is 6.03 Å². The number of likely N-dealkylation sites (tertiary alicyclic amines) is 1. The number of anilines is 2. The second-order valence-electron chi connectivity index (χ2n) is 9.22. The maximum Gasteiger partial charge on any atom is 0.325 e. The number of aryl methyl sites for hydroxylation is 2. The predicted octanol–water partition coefficient (Wildman–Crippen LogP) is 3.25. The van der Waals surface area contributed by atoms with Crippen LogP contribution in [0.5, 0.6) is 0 Å². The number of likely N-dealkylation sites (N-methyl/N-ethyl adjacent to an activating group) is 1. The van der Waals surface area contributed by atoms with Crippen molar-refractivity contribution in [3.8, 4) is 0 Å². The van der Waals surface area contributed by atoms with E-state index in [4.69, 9.17) is 17.3 Å². The van der Waals surface area contributed by atoms with Crippen molar-refractivity contribution in [2.75, 3.05) is 17.7 Å². The highest BCUT2D eigenvalue weighted by Crippen LogP contribution is 2.34. The average Bonchev–Trinajstić information content (AvgIpc) is 3.30. The zero-order valence-corrected chi connectivity index (χ0v) is 21.9. The number of hydrogen-bond donors (Lipinski definition) is 2. The van der Waals surface area contributed by atoms with E-state index in [0.29, 0.717) is 23.2 Å². The minimum absolute atomic E-state index is 0.237. The van der Waals surface area contributed by atoms with Crippen molar-refractivity contribution in [3.63, 3.8) is 0 Å². The van der Waals surface area contributed by atoms with Crippen LogP contribution in [0.15, 0.2) is 48.9 Å². The van der Waals surface area contributed by atoms with Gasteiger partial charge in [0.05, 0.1) is 12.0 Å². The number of nitrogens with two attached hydrogens (primary N) is 1. The van der Waals surface area contributed by atoms with Gasteiger partial charge in [0.15, 0.2) is 0 Å². The molecule has 3 heterocycles. The van der Waals surface area contributed by atoms with Gasteiger partial charge in [-0.15, -0.1) is 0 Å². The molecule has 2 aromatic heterocycles. The van der Waals surface area contributed by atoms with Crippen LogP contribution < -0.4 is 16.0 Å². The summed E-state index contributed by atoms with van der Waals surface area (Å²) >= 11 is 6.41. The fourth-order valence-electron chi connectivity index (χ4n) is 4.66. The van der Waals surface area contributed by atoms with E-state index in [1.165, 1.54) is 4.90 Å². The van der Waals surface area contributed by atoms with E-state index in [9.17, 15) is 14.4 Å². The number of rotatable bonds is 7. The normalized spacial score (nSPS) is 17.8. The van der Waals surface area contributed by atoms with Crippen LogP contribution in [0.2, 0.25) is 5.02 Å². The Balaban J connectivity index is 1.62. The number of imide groups is 1. The van der Waals surface area contributed by atoms with Crippen molar-refractivity contribution < 1.29 is 14.4 Å². The van der Waals surface area contributed by atoms with Crippen molar-refractivity contribution in [2.24, 2.45) is 13.0 Å². The highest BCUT2D eigenvalue weighted by Gasteiger charge is 2.55. The third kappa shape index (κ3) is 5.15. The van der Waals surface area contributed by atoms with E-state index in [1.807, 2.05) is 26.0 Å². The number of halogens is 1. The third-order valence-electron chi connectivity index (χ3n) is 6.65. The molecule has 1 saturated heterocycles. The van der Waals surface area contributed by atoms with Crippen LogP contribution in [0.4, 0.5) is 16.6 Å². The molecule has 1 fully saturated rings. The lowest BCUT2D eigenvalue weighted by molar-refractivity contribution is -0.156. The van der Waals surface area contributed by atoms with Crippen molar-refractivity contribution in [1.29, 1.82) is 0 Å². The third-order valence-corrected chi connectivity index (χ3v) is 6.99. The molecule has 0 radical (unpaired) electrons. The number of aromatic nitrogens is 3. The number of nitrogen functional groups attached to an aromatic ring is 1. The molecule has 1 unspecified atom stereocenters. The molecule has 194 valence electrons.